The van der Waals surface area contributed by atoms with Crippen LogP contribution in [0.3, 0.4) is 0 Å². The maximum atomic E-state index is 12.9. The van der Waals surface area contributed by atoms with Gasteiger partial charge in [-0.05, 0) is 44.1 Å². The molecule has 0 spiro atoms. The van der Waals surface area contributed by atoms with Crippen LogP contribution >= 0.6 is 0 Å². The molecule has 0 heterocycles. The predicted molar refractivity (Wildman–Crippen MR) is 90.6 cm³/mol. The number of hydrogen-bond donors (Lipinski definition) is 0. The van der Waals surface area contributed by atoms with Gasteiger partial charge in [0.15, 0.2) is 0 Å². The van der Waals surface area contributed by atoms with Gasteiger partial charge in [0.2, 0.25) is 5.91 Å². The molecule has 2 aliphatic rings. The first-order valence-corrected chi connectivity index (χ1v) is 8.30. The van der Waals surface area contributed by atoms with E-state index in [2.05, 4.69) is 37.2 Å². The third-order valence-electron chi connectivity index (χ3n) is 5.22. The van der Waals surface area contributed by atoms with E-state index in [1.54, 1.807) is 0 Å². The molecule has 118 valence electrons. The first-order valence-electron chi connectivity index (χ1n) is 8.30. The molecule has 1 fully saturated rings. The minimum atomic E-state index is 0.204. The monoisotopic (exact) mass is 298 g/mol. The summed E-state index contributed by atoms with van der Waals surface area (Å²) >= 11 is 0. The number of likely N-dealkylation sites (N-methyl/N-ethyl adjacent to an activating group) is 2. The summed E-state index contributed by atoms with van der Waals surface area (Å²) in [6.07, 6.45) is 7.65. The molecule has 0 N–H and O–H groups in total. The van der Waals surface area contributed by atoms with Crippen molar-refractivity contribution in [2.24, 2.45) is 0 Å². The van der Waals surface area contributed by atoms with Crippen molar-refractivity contribution in [2.75, 3.05) is 21.1 Å². The van der Waals surface area contributed by atoms with Gasteiger partial charge in [0, 0.05) is 31.1 Å². The van der Waals surface area contributed by atoms with Crippen LogP contribution in [0, 0.1) is 0 Å². The first-order chi connectivity index (χ1) is 10.6. The van der Waals surface area contributed by atoms with Crippen molar-refractivity contribution < 1.29 is 4.79 Å². The highest BCUT2D eigenvalue weighted by molar-refractivity contribution is 6.00. The summed E-state index contributed by atoms with van der Waals surface area (Å²) in [5, 5.41) is 0. The largest absolute Gasteiger partial charge is 0.337 e. The summed E-state index contributed by atoms with van der Waals surface area (Å²) in [5.74, 6) is 0.204. The van der Waals surface area contributed by atoms with Gasteiger partial charge in [0.05, 0.1) is 0 Å². The van der Waals surface area contributed by atoms with Crippen LogP contribution in [-0.4, -0.2) is 48.9 Å². The van der Waals surface area contributed by atoms with Crippen molar-refractivity contribution in [3.05, 3.63) is 41.0 Å². The molecule has 0 saturated heterocycles. The highest BCUT2D eigenvalue weighted by atomic mass is 16.2. The van der Waals surface area contributed by atoms with Gasteiger partial charge in [0.25, 0.3) is 0 Å². The number of benzene rings is 1. The van der Waals surface area contributed by atoms with E-state index in [9.17, 15) is 4.79 Å². The molecular weight excluding hydrogens is 272 g/mol. The summed E-state index contributed by atoms with van der Waals surface area (Å²) in [6.45, 7) is 0. The highest BCUT2D eigenvalue weighted by Crippen LogP contribution is 2.29. The SMILES string of the molecule is CN(C)[C@H]1CCCC[C@@H]1N(C)C(=O)C1=Cc2ccccc2C1. The van der Waals surface area contributed by atoms with Crippen molar-refractivity contribution in [2.45, 2.75) is 44.2 Å². The van der Waals surface area contributed by atoms with E-state index in [0.29, 0.717) is 12.1 Å². The number of nitrogens with zero attached hydrogens (tertiary/aromatic N) is 2. The molecule has 22 heavy (non-hydrogen) atoms. The van der Waals surface area contributed by atoms with Crippen LogP contribution in [0.25, 0.3) is 6.08 Å². The van der Waals surface area contributed by atoms with Gasteiger partial charge in [0.1, 0.15) is 0 Å². The van der Waals surface area contributed by atoms with Crippen LogP contribution in [0.1, 0.15) is 36.8 Å². The van der Waals surface area contributed by atoms with Crippen molar-refractivity contribution in [1.82, 2.24) is 9.80 Å². The number of amides is 1. The van der Waals surface area contributed by atoms with Crippen LogP contribution in [0.2, 0.25) is 0 Å². The van der Waals surface area contributed by atoms with Gasteiger partial charge < -0.3 is 9.80 Å². The predicted octanol–water partition coefficient (Wildman–Crippen LogP) is 2.96. The number of fused-ring (bicyclic) bond motifs is 1. The van der Waals surface area contributed by atoms with E-state index < -0.39 is 0 Å². The zero-order valence-corrected chi connectivity index (χ0v) is 13.9. The number of rotatable bonds is 3. The average Bonchev–Trinajstić information content (AvgIpc) is 2.97. The minimum absolute atomic E-state index is 0.204. The minimum Gasteiger partial charge on any atom is -0.337 e. The second-order valence-corrected chi connectivity index (χ2v) is 6.84. The Bertz CT molecular complexity index is 591. The Labute approximate surface area is 133 Å². The molecule has 1 aromatic rings. The van der Waals surface area contributed by atoms with Crippen molar-refractivity contribution >= 4 is 12.0 Å². The Morgan fingerprint density at radius 3 is 2.41 bits per heavy atom. The molecule has 1 saturated carbocycles. The first kappa shape index (κ1) is 15.3. The molecule has 2 atom stereocenters. The standard InChI is InChI=1S/C19H26N2O/c1-20(2)17-10-6-7-11-18(17)21(3)19(22)16-12-14-8-4-5-9-15(14)13-16/h4-5,8-9,12,17-18H,6-7,10-11,13H2,1-3H3/t17-,18-/m0/s1. The summed E-state index contributed by atoms with van der Waals surface area (Å²) in [5.41, 5.74) is 3.41. The summed E-state index contributed by atoms with van der Waals surface area (Å²) in [6, 6.07) is 9.12. The van der Waals surface area contributed by atoms with Crippen LogP contribution in [0.4, 0.5) is 0 Å². The topological polar surface area (TPSA) is 23.6 Å². The van der Waals surface area contributed by atoms with Gasteiger partial charge in [-0.15, -0.1) is 0 Å². The molecule has 0 aliphatic heterocycles. The fraction of sp³-hybridized carbons (Fsp3) is 0.526. The Balaban J connectivity index is 1.75. The van der Waals surface area contributed by atoms with Crippen molar-refractivity contribution in [3.8, 4) is 0 Å². The molecule has 0 unspecified atom stereocenters. The van der Waals surface area contributed by atoms with Crippen molar-refractivity contribution in [3.63, 3.8) is 0 Å². The fourth-order valence-electron chi connectivity index (χ4n) is 3.94. The highest BCUT2D eigenvalue weighted by Gasteiger charge is 2.33. The molecule has 3 heteroatoms. The normalized spacial score (nSPS) is 24.1. The molecule has 3 rings (SSSR count). The van der Waals surface area contributed by atoms with E-state index in [0.717, 1.165) is 18.4 Å². The lowest BCUT2D eigenvalue weighted by Gasteiger charge is -2.41. The second kappa shape index (κ2) is 6.25. The van der Waals surface area contributed by atoms with Gasteiger partial charge >= 0.3 is 0 Å². The third kappa shape index (κ3) is 2.82. The van der Waals surface area contributed by atoms with Gasteiger partial charge in [-0.2, -0.15) is 0 Å². The van der Waals surface area contributed by atoms with Gasteiger partial charge in [-0.25, -0.2) is 0 Å². The van der Waals surface area contributed by atoms with Crippen LogP contribution in [0.15, 0.2) is 29.8 Å². The lowest BCUT2D eigenvalue weighted by Crippen LogP contribution is -2.52. The third-order valence-corrected chi connectivity index (χ3v) is 5.22. The Kier molecular flexibility index (Phi) is 4.34. The van der Waals surface area contributed by atoms with E-state index >= 15 is 0 Å². The summed E-state index contributed by atoms with van der Waals surface area (Å²) in [7, 11) is 6.25. The van der Waals surface area contributed by atoms with Crippen LogP contribution in [-0.2, 0) is 11.2 Å². The number of hydrogen-bond acceptors (Lipinski definition) is 2. The fourth-order valence-corrected chi connectivity index (χ4v) is 3.94. The summed E-state index contributed by atoms with van der Waals surface area (Å²) < 4.78 is 0. The Hall–Kier alpha value is -1.61. The van der Waals surface area contributed by atoms with Crippen LogP contribution < -0.4 is 0 Å². The molecule has 1 amide bonds. The number of carbonyl (C=O) groups excluding carboxylic acids is 1. The quantitative estimate of drug-likeness (QED) is 0.856. The van der Waals surface area contributed by atoms with E-state index in [-0.39, 0.29) is 5.91 Å². The zero-order valence-electron chi connectivity index (χ0n) is 13.9. The smallest absolute Gasteiger partial charge is 0.250 e. The molecule has 0 aromatic heterocycles. The van der Waals surface area contributed by atoms with E-state index in [1.165, 1.54) is 30.4 Å². The molecule has 0 radical (unpaired) electrons. The number of carbonyl (C=O) groups is 1. The van der Waals surface area contributed by atoms with Crippen molar-refractivity contribution in [1.29, 1.82) is 0 Å². The Morgan fingerprint density at radius 1 is 1.05 bits per heavy atom. The molecular formula is C19H26N2O. The summed E-state index contributed by atoms with van der Waals surface area (Å²) in [4.78, 5) is 17.2. The molecule has 1 aromatic carbocycles. The average molecular weight is 298 g/mol. The zero-order chi connectivity index (χ0) is 15.7. The lowest BCUT2D eigenvalue weighted by atomic mass is 9.88. The maximum Gasteiger partial charge on any atom is 0.250 e. The lowest BCUT2D eigenvalue weighted by molar-refractivity contribution is -0.129. The van der Waals surface area contributed by atoms with Gasteiger partial charge in [-0.1, -0.05) is 37.1 Å². The van der Waals surface area contributed by atoms with E-state index in [1.807, 2.05) is 24.1 Å². The molecule has 2 aliphatic carbocycles. The van der Waals surface area contributed by atoms with E-state index in [4.69, 9.17) is 0 Å². The second-order valence-electron chi connectivity index (χ2n) is 6.84. The van der Waals surface area contributed by atoms with Crippen LogP contribution in [0.5, 0.6) is 0 Å². The van der Waals surface area contributed by atoms with Gasteiger partial charge in [-0.3, -0.25) is 4.79 Å². The maximum absolute atomic E-state index is 12.9. The Morgan fingerprint density at radius 2 is 1.73 bits per heavy atom. The molecule has 0 bridgehead atoms. The molecule has 3 nitrogen and oxygen atoms in total.